The zero-order chi connectivity index (χ0) is 21.0. The molecule has 0 aliphatic rings. The Bertz CT molecular complexity index is 878. The van der Waals surface area contributed by atoms with Gasteiger partial charge in [-0.2, -0.15) is 0 Å². The normalized spacial score (nSPS) is 10.2. The van der Waals surface area contributed by atoms with Crippen LogP contribution in [-0.4, -0.2) is 46.2 Å². The Labute approximate surface area is 158 Å². The zero-order valence-electron chi connectivity index (χ0n) is 15.4. The van der Waals surface area contributed by atoms with Gasteiger partial charge in [0.25, 0.3) is 0 Å². The summed E-state index contributed by atoms with van der Waals surface area (Å²) in [6.07, 6.45) is 0. The van der Waals surface area contributed by atoms with E-state index in [1.165, 1.54) is 0 Å². The Morgan fingerprint density at radius 2 is 1.04 bits per heavy atom. The summed E-state index contributed by atoms with van der Waals surface area (Å²) in [7, 11) is 4.45. The van der Waals surface area contributed by atoms with Crippen LogP contribution in [-0.2, 0) is 9.47 Å². The topological polar surface area (TPSA) is 88.1 Å². The number of methoxy groups -OCH3 is 4. The molecule has 9 heteroatoms. The van der Waals surface area contributed by atoms with Crippen LogP contribution in [0.3, 0.4) is 0 Å². The second-order valence-electron chi connectivity index (χ2n) is 5.39. The summed E-state index contributed by atoms with van der Waals surface area (Å²) in [5, 5.41) is 0. The fourth-order valence-corrected chi connectivity index (χ4v) is 2.55. The van der Waals surface area contributed by atoms with Gasteiger partial charge in [0, 0.05) is 11.1 Å². The fourth-order valence-electron chi connectivity index (χ4n) is 2.55. The summed E-state index contributed by atoms with van der Waals surface area (Å²) >= 11 is 0. The van der Waals surface area contributed by atoms with Crippen LogP contribution in [0, 0.1) is 11.6 Å². The van der Waals surface area contributed by atoms with Crippen LogP contribution >= 0.6 is 0 Å². The number of halogens is 2. The second kappa shape index (κ2) is 8.47. The SMILES string of the molecule is COC(=O)c1cc(C(=O)c2cc(F)c(OC)c(C(=O)OC)c2)cc(F)c1OC. The van der Waals surface area contributed by atoms with Crippen molar-refractivity contribution in [2.75, 3.05) is 28.4 Å². The van der Waals surface area contributed by atoms with Crippen LogP contribution in [0.4, 0.5) is 8.78 Å². The molecule has 148 valence electrons. The summed E-state index contributed by atoms with van der Waals surface area (Å²) in [4.78, 5) is 36.5. The van der Waals surface area contributed by atoms with E-state index in [0.717, 1.165) is 52.7 Å². The van der Waals surface area contributed by atoms with Gasteiger partial charge in [-0.3, -0.25) is 4.79 Å². The van der Waals surface area contributed by atoms with Crippen molar-refractivity contribution in [2.45, 2.75) is 0 Å². The molecule has 0 saturated carbocycles. The summed E-state index contributed by atoms with van der Waals surface area (Å²) < 4.78 is 47.3. The summed E-state index contributed by atoms with van der Waals surface area (Å²) in [5.74, 6) is -5.49. The van der Waals surface area contributed by atoms with E-state index in [-0.39, 0.29) is 22.3 Å². The lowest BCUT2D eigenvalue weighted by molar-refractivity contribution is 0.0587. The highest BCUT2D eigenvalue weighted by atomic mass is 19.1. The van der Waals surface area contributed by atoms with Crippen molar-refractivity contribution in [3.05, 3.63) is 58.2 Å². The first kappa shape index (κ1) is 20.8. The van der Waals surface area contributed by atoms with Crippen molar-refractivity contribution in [2.24, 2.45) is 0 Å². The van der Waals surface area contributed by atoms with Crippen LogP contribution in [0.15, 0.2) is 24.3 Å². The van der Waals surface area contributed by atoms with Crippen LogP contribution in [0.1, 0.15) is 36.6 Å². The van der Waals surface area contributed by atoms with Gasteiger partial charge in [-0.1, -0.05) is 0 Å². The smallest absolute Gasteiger partial charge is 0.341 e. The monoisotopic (exact) mass is 394 g/mol. The Morgan fingerprint density at radius 3 is 1.32 bits per heavy atom. The lowest BCUT2D eigenvalue weighted by atomic mass is 9.98. The maximum absolute atomic E-state index is 14.3. The maximum Gasteiger partial charge on any atom is 0.341 e. The molecule has 0 saturated heterocycles. The van der Waals surface area contributed by atoms with Crippen molar-refractivity contribution in [1.82, 2.24) is 0 Å². The van der Waals surface area contributed by atoms with Gasteiger partial charge in [0.1, 0.15) is 11.1 Å². The zero-order valence-corrected chi connectivity index (χ0v) is 15.4. The van der Waals surface area contributed by atoms with Gasteiger partial charge < -0.3 is 18.9 Å². The molecule has 0 fully saturated rings. The van der Waals surface area contributed by atoms with Gasteiger partial charge in [-0.05, 0) is 24.3 Å². The molecule has 0 radical (unpaired) electrons. The number of hydrogen-bond donors (Lipinski definition) is 0. The van der Waals surface area contributed by atoms with E-state index >= 15 is 0 Å². The van der Waals surface area contributed by atoms with Gasteiger partial charge >= 0.3 is 11.9 Å². The van der Waals surface area contributed by atoms with Gasteiger partial charge in [-0.15, -0.1) is 0 Å². The van der Waals surface area contributed by atoms with E-state index in [4.69, 9.17) is 9.47 Å². The Kier molecular flexibility index (Phi) is 6.29. The summed E-state index contributed by atoms with van der Waals surface area (Å²) in [6, 6.07) is 3.76. The number of hydrogen-bond acceptors (Lipinski definition) is 7. The van der Waals surface area contributed by atoms with Crippen LogP contribution < -0.4 is 9.47 Å². The third-order valence-electron chi connectivity index (χ3n) is 3.83. The minimum absolute atomic E-state index is 0.279. The molecule has 0 N–H and O–H groups in total. The Hall–Kier alpha value is -3.49. The van der Waals surface area contributed by atoms with Gasteiger partial charge in [0.2, 0.25) is 0 Å². The molecule has 2 aromatic carbocycles. The molecule has 0 aliphatic carbocycles. The molecular formula is C19H16F2O7. The van der Waals surface area contributed by atoms with E-state index in [1.807, 2.05) is 0 Å². The van der Waals surface area contributed by atoms with E-state index in [1.54, 1.807) is 0 Å². The van der Waals surface area contributed by atoms with E-state index < -0.39 is 40.9 Å². The summed E-state index contributed by atoms with van der Waals surface area (Å²) in [6.45, 7) is 0. The molecule has 0 aliphatic heterocycles. The largest absolute Gasteiger partial charge is 0.493 e. The standard InChI is InChI=1S/C19H16F2O7/c1-25-16-11(18(23)27-3)5-9(7-13(16)20)15(22)10-6-12(19(24)28-4)17(26-2)14(21)8-10/h5-8H,1-4H3. The predicted molar refractivity (Wildman–Crippen MR) is 92.0 cm³/mol. The first-order valence-electron chi connectivity index (χ1n) is 7.75. The molecule has 2 rings (SSSR count). The molecule has 28 heavy (non-hydrogen) atoms. The Balaban J connectivity index is 2.63. The second-order valence-corrected chi connectivity index (χ2v) is 5.39. The molecule has 7 nitrogen and oxygen atoms in total. The number of carbonyl (C=O) groups is 3. The van der Waals surface area contributed by atoms with Crippen molar-refractivity contribution < 1.29 is 42.1 Å². The predicted octanol–water partition coefficient (Wildman–Crippen LogP) is 2.79. The average Bonchev–Trinajstić information content (AvgIpc) is 2.70. The fraction of sp³-hybridized carbons (Fsp3) is 0.211. The van der Waals surface area contributed by atoms with Gasteiger partial charge in [0.05, 0.1) is 28.4 Å². The van der Waals surface area contributed by atoms with Crippen molar-refractivity contribution >= 4 is 17.7 Å². The highest BCUT2D eigenvalue weighted by Gasteiger charge is 2.25. The third kappa shape index (κ3) is 3.78. The van der Waals surface area contributed by atoms with Crippen molar-refractivity contribution in [3.63, 3.8) is 0 Å². The lowest BCUT2D eigenvalue weighted by Crippen LogP contribution is -2.12. The van der Waals surface area contributed by atoms with Gasteiger partial charge in [0.15, 0.2) is 28.9 Å². The number of ketones is 1. The molecule has 0 unspecified atom stereocenters. The maximum atomic E-state index is 14.3. The first-order valence-corrected chi connectivity index (χ1v) is 7.75. The Morgan fingerprint density at radius 1 is 0.679 bits per heavy atom. The van der Waals surface area contributed by atoms with Crippen molar-refractivity contribution in [3.8, 4) is 11.5 Å². The molecule has 0 amide bonds. The number of carbonyl (C=O) groups excluding carboxylic acids is 3. The van der Waals surface area contributed by atoms with Gasteiger partial charge in [-0.25, -0.2) is 18.4 Å². The average molecular weight is 394 g/mol. The van der Waals surface area contributed by atoms with Crippen LogP contribution in [0.2, 0.25) is 0 Å². The molecule has 0 aromatic heterocycles. The quantitative estimate of drug-likeness (QED) is 0.550. The molecule has 0 bridgehead atoms. The lowest BCUT2D eigenvalue weighted by Gasteiger charge is -2.12. The van der Waals surface area contributed by atoms with E-state index in [9.17, 15) is 23.2 Å². The summed E-state index contributed by atoms with van der Waals surface area (Å²) in [5.41, 5.74) is -1.20. The highest BCUT2D eigenvalue weighted by molar-refractivity contribution is 6.11. The van der Waals surface area contributed by atoms with E-state index in [2.05, 4.69) is 9.47 Å². The molecule has 2 aromatic rings. The minimum atomic E-state index is -0.990. The molecular weight excluding hydrogens is 378 g/mol. The molecule has 0 atom stereocenters. The number of benzene rings is 2. The number of esters is 2. The van der Waals surface area contributed by atoms with Crippen molar-refractivity contribution in [1.29, 1.82) is 0 Å². The van der Waals surface area contributed by atoms with E-state index in [0.29, 0.717) is 0 Å². The highest BCUT2D eigenvalue weighted by Crippen LogP contribution is 2.29. The van der Waals surface area contributed by atoms with Crippen LogP contribution in [0.25, 0.3) is 0 Å². The first-order chi connectivity index (χ1) is 13.3. The number of ether oxygens (including phenoxy) is 4. The molecule has 0 heterocycles. The van der Waals surface area contributed by atoms with Crippen LogP contribution in [0.5, 0.6) is 11.5 Å². The number of rotatable bonds is 6. The minimum Gasteiger partial charge on any atom is -0.493 e. The third-order valence-corrected chi connectivity index (χ3v) is 3.83. The molecule has 0 spiro atoms.